The van der Waals surface area contributed by atoms with Gasteiger partial charge in [0.15, 0.2) is 0 Å². The fraction of sp³-hybridized carbons (Fsp3) is 0.763. The van der Waals surface area contributed by atoms with Crippen LogP contribution in [0.15, 0.2) is 23.3 Å². The van der Waals surface area contributed by atoms with E-state index in [1.54, 1.807) is 47.6 Å². The number of aliphatic hydroxyl groups excluding tert-OH is 1. The van der Waals surface area contributed by atoms with Gasteiger partial charge in [0, 0.05) is 13.8 Å². The number of carbonyl (C=O) groups excluding carboxylic acids is 5. The Balaban J connectivity index is 0.000000520. The van der Waals surface area contributed by atoms with Gasteiger partial charge in [0.2, 0.25) is 11.8 Å². The summed E-state index contributed by atoms with van der Waals surface area (Å²) >= 11 is 0. The van der Waals surface area contributed by atoms with Crippen LogP contribution in [0.2, 0.25) is 0 Å². The van der Waals surface area contributed by atoms with Crippen LogP contribution in [0.1, 0.15) is 122 Å². The highest BCUT2D eigenvalue weighted by molar-refractivity contribution is 5.77. The van der Waals surface area contributed by atoms with Crippen LogP contribution in [0.3, 0.4) is 0 Å². The van der Waals surface area contributed by atoms with Gasteiger partial charge in [-0.15, -0.1) is 0 Å². The van der Waals surface area contributed by atoms with Crippen molar-refractivity contribution in [2.24, 2.45) is 0 Å². The smallest absolute Gasteiger partial charge is 0.407 e. The maximum Gasteiger partial charge on any atom is 0.407 e. The Labute approximate surface area is 310 Å². The monoisotopic (exact) mass is 738 g/mol. The number of amides is 4. The van der Waals surface area contributed by atoms with Crippen molar-refractivity contribution in [3.8, 4) is 0 Å². The van der Waals surface area contributed by atoms with Crippen LogP contribution >= 0.6 is 0 Å². The van der Waals surface area contributed by atoms with Gasteiger partial charge >= 0.3 is 12.2 Å². The van der Waals surface area contributed by atoms with E-state index < -0.39 is 59.8 Å². The first kappa shape index (κ1) is 46.5. The van der Waals surface area contributed by atoms with E-state index in [4.69, 9.17) is 18.9 Å². The van der Waals surface area contributed by atoms with Gasteiger partial charge in [-0.2, -0.15) is 0 Å². The minimum absolute atomic E-state index is 0.000636. The maximum absolute atomic E-state index is 12.2. The van der Waals surface area contributed by atoms with E-state index in [9.17, 15) is 29.1 Å². The zero-order chi connectivity index (χ0) is 39.8. The minimum atomic E-state index is -0.642. The predicted octanol–water partition coefficient (Wildman–Crippen LogP) is 4.77. The van der Waals surface area contributed by atoms with Crippen molar-refractivity contribution < 1.29 is 48.0 Å². The molecule has 2 aliphatic rings. The third-order valence-electron chi connectivity index (χ3n) is 8.31. The molecular formula is C38H66N4O10. The Bertz CT molecular complexity index is 1230. The lowest BCUT2D eigenvalue weighted by Gasteiger charge is -2.39. The van der Waals surface area contributed by atoms with Crippen molar-refractivity contribution in [3.63, 3.8) is 0 Å². The van der Waals surface area contributed by atoms with Crippen LogP contribution < -0.4 is 21.3 Å². The molecule has 2 rings (SSSR count). The number of ether oxygens (including phenoxy) is 4. The zero-order valence-corrected chi connectivity index (χ0v) is 33.4. The van der Waals surface area contributed by atoms with E-state index in [2.05, 4.69) is 21.3 Å². The average molecular weight is 739 g/mol. The summed E-state index contributed by atoms with van der Waals surface area (Å²) in [5.74, 6) is -0.433. The molecule has 0 aromatic rings. The summed E-state index contributed by atoms with van der Waals surface area (Å²) in [6.45, 7) is 21.5. The maximum atomic E-state index is 12.2. The van der Waals surface area contributed by atoms with Gasteiger partial charge in [-0.25, -0.2) is 9.59 Å². The Morgan fingerprint density at radius 2 is 1.10 bits per heavy atom. The quantitative estimate of drug-likeness (QED) is 0.123. The molecule has 0 aliphatic heterocycles. The van der Waals surface area contributed by atoms with Crippen molar-refractivity contribution in [1.82, 2.24) is 21.3 Å². The minimum Gasteiger partial charge on any atom is -0.444 e. The normalized spacial score (nSPS) is 23.3. The van der Waals surface area contributed by atoms with Crippen LogP contribution in [0.4, 0.5) is 9.59 Å². The number of hydrogen-bond donors (Lipinski definition) is 5. The molecule has 0 bridgehead atoms. The number of nitrogens with one attached hydrogen (secondary N) is 4. The van der Waals surface area contributed by atoms with Crippen LogP contribution in [-0.4, -0.2) is 102 Å². The zero-order valence-electron chi connectivity index (χ0n) is 33.4. The van der Waals surface area contributed by atoms with Crippen molar-refractivity contribution in [2.75, 3.05) is 6.61 Å². The molecule has 4 amide bonds. The second kappa shape index (κ2) is 21.9. The standard InChI is InChI=1S/C19H34N2O5.C19H32N2O5/c2*1-7-14(8-2)25-16-10-13(11-22)9-15(17(16)20-12(3)23)21-18(24)26-19(4,5)6/h10,14-17,22H,7-9,11H2,1-6H3,(H,20,23)(H,21,24);10-11,14-17H,7-9H2,1-6H3,(H,20,23)(H,21,24)/t2*15-,16+,17+/m00/s1. The van der Waals surface area contributed by atoms with Gasteiger partial charge in [0.05, 0.1) is 55.2 Å². The highest BCUT2D eigenvalue weighted by Gasteiger charge is 2.39. The molecule has 0 saturated carbocycles. The fourth-order valence-electron chi connectivity index (χ4n) is 5.93. The largest absolute Gasteiger partial charge is 0.444 e. The molecule has 0 radical (unpaired) electrons. The lowest BCUT2D eigenvalue weighted by molar-refractivity contribution is -0.122. The third-order valence-corrected chi connectivity index (χ3v) is 8.31. The molecule has 0 fully saturated rings. The van der Waals surface area contributed by atoms with E-state index in [0.29, 0.717) is 18.4 Å². The highest BCUT2D eigenvalue weighted by Crippen LogP contribution is 2.26. The molecule has 6 atom stereocenters. The molecule has 52 heavy (non-hydrogen) atoms. The molecule has 14 heteroatoms. The topological polar surface area (TPSA) is 191 Å². The van der Waals surface area contributed by atoms with Crippen molar-refractivity contribution >= 4 is 30.3 Å². The number of alkyl carbamates (subject to hydrolysis) is 2. The molecule has 0 unspecified atom stereocenters. The Morgan fingerprint density at radius 3 is 1.42 bits per heavy atom. The number of hydrogen-bond acceptors (Lipinski definition) is 10. The first-order chi connectivity index (χ1) is 24.2. The molecule has 298 valence electrons. The number of aldehydes is 1. The average Bonchev–Trinajstić information content (AvgIpc) is 3.02. The fourth-order valence-corrected chi connectivity index (χ4v) is 5.93. The first-order valence-electron chi connectivity index (χ1n) is 18.5. The molecule has 5 N–H and O–H groups in total. The van der Waals surface area contributed by atoms with Crippen LogP contribution in [-0.2, 0) is 33.3 Å². The SMILES string of the molecule is CCC(CC)O[C@@H]1C=C(C=O)C[C@H](NC(=O)OC(C)(C)C)[C@H]1NC(C)=O.CCC(CC)O[C@@H]1C=C(CO)C[C@H](NC(=O)OC(C)(C)C)[C@H]1NC(C)=O. The highest BCUT2D eigenvalue weighted by atomic mass is 16.6. The second-order valence-corrected chi connectivity index (χ2v) is 15.3. The summed E-state index contributed by atoms with van der Waals surface area (Å²) in [7, 11) is 0. The van der Waals surface area contributed by atoms with Gasteiger partial charge in [-0.3, -0.25) is 14.4 Å². The Morgan fingerprint density at radius 1 is 0.712 bits per heavy atom. The summed E-state index contributed by atoms with van der Waals surface area (Å²) in [6, 6.07) is -1.85. The lowest BCUT2D eigenvalue weighted by Crippen LogP contribution is -2.59. The number of carbonyl (C=O) groups is 5. The van der Waals surface area contributed by atoms with Gasteiger partial charge in [-0.05, 0) is 97.3 Å². The second-order valence-electron chi connectivity index (χ2n) is 15.3. The van der Waals surface area contributed by atoms with Crippen molar-refractivity contribution in [2.45, 2.75) is 181 Å². The first-order valence-corrected chi connectivity index (χ1v) is 18.5. The van der Waals surface area contributed by atoms with E-state index in [1.807, 2.05) is 33.8 Å². The molecule has 0 aromatic carbocycles. The van der Waals surface area contributed by atoms with E-state index >= 15 is 0 Å². The molecule has 0 heterocycles. The predicted molar refractivity (Wildman–Crippen MR) is 199 cm³/mol. The molecule has 0 saturated heterocycles. The van der Waals surface area contributed by atoms with Crippen LogP contribution in [0.5, 0.6) is 0 Å². The van der Waals surface area contributed by atoms with E-state index in [1.165, 1.54) is 13.8 Å². The molecular weight excluding hydrogens is 672 g/mol. The van der Waals surface area contributed by atoms with E-state index in [0.717, 1.165) is 37.5 Å². The number of aliphatic hydroxyl groups is 1. The number of rotatable bonds is 14. The van der Waals surface area contributed by atoms with Gasteiger partial charge in [0.25, 0.3) is 0 Å². The summed E-state index contributed by atoms with van der Waals surface area (Å²) < 4.78 is 22.9. The lowest BCUT2D eigenvalue weighted by atomic mass is 9.88. The third kappa shape index (κ3) is 17.4. The molecule has 0 aromatic heterocycles. The van der Waals surface area contributed by atoms with Crippen LogP contribution in [0.25, 0.3) is 0 Å². The summed E-state index contributed by atoms with van der Waals surface area (Å²) in [6.07, 6.45) is 6.33. The Kier molecular flexibility index (Phi) is 19.6. The van der Waals surface area contributed by atoms with E-state index in [-0.39, 0.29) is 30.6 Å². The van der Waals surface area contributed by atoms with Gasteiger partial charge in [-0.1, -0.05) is 33.8 Å². The van der Waals surface area contributed by atoms with Crippen molar-refractivity contribution in [3.05, 3.63) is 23.3 Å². The molecule has 0 spiro atoms. The molecule has 2 aliphatic carbocycles. The summed E-state index contributed by atoms with van der Waals surface area (Å²) in [4.78, 5) is 59.2. The van der Waals surface area contributed by atoms with Crippen LogP contribution in [0, 0.1) is 0 Å². The summed E-state index contributed by atoms with van der Waals surface area (Å²) in [5, 5.41) is 21.0. The van der Waals surface area contributed by atoms with Crippen molar-refractivity contribution in [1.29, 1.82) is 0 Å². The Hall–Kier alpha value is -3.49. The van der Waals surface area contributed by atoms with Gasteiger partial charge < -0.3 is 45.3 Å². The molecule has 14 nitrogen and oxygen atoms in total. The summed E-state index contributed by atoms with van der Waals surface area (Å²) in [5.41, 5.74) is 0.0348. The van der Waals surface area contributed by atoms with Gasteiger partial charge in [0.1, 0.15) is 17.5 Å².